The molecule has 0 aliphatic rings. The lowest BCUT2D eigenvalue weighted by molar-refractivity contribution is -0.600. The molecule has 1 aromatic heterocycles. The Morgan fingerprint density at radius 3 is 2.18 bits per heavy atom. The summed E-state index contributed by atoms with van der Waals surface area (Å²) in [5.41, 5.74) is 2.46. The third kappa shape index (κ3) is 3.72. The standard InChI is InChI=1S/C22H17ClN2O2S/c1-16-6-12-21(13-7-16)28(26,27)24-25-15-19-5-3-2-4-18(19)14-22(25)17-8-10-20(23)11-9-17/h2-15H,1H3. The molecule has 140 valence electrons. The van der Waals surface area contributed by atoms with Gasteiger partial charge in [-0.1, -0.05) is 47.5 Å². The van der Waals surface area contributed by atoms with Crippen molar-refractivity contribution in [1.29, 1.82) is 0 Å². The van der Waals surface area contributed by atoms with E-state index in [1.54, 1.807) is 42.6 Å². The highest BCUT2D eigenvalue weighted by Crippen LogP contribution is 2.25. The van der Waals surface area contributed by atoms with E-state index in [4.69, 9.17) is 11.6 Å². The van der Waals surface area contributed by atoms with E-state index in [9.17, 15) is 8.42 Å². The van der Waals surface area contributed by atoms with E-state index in [2.05, 4.69) is 4.83 Å². The van der Waals surface area contributed by atoms with Crippen LogP contribution >= 0.6 is 11.6 Å². The minimum absolute atomic E-state index is 0.154. The summed E-state index contributed by atoms with van der Waals surface area (Å²) in [5, 5.41) is 2.50. The third-order valence-corrected chi connectivity index (χ3v) is 5.96. The Kier molecular flexibility index (Phi) is 4.79. The summed E-state index contributed by atoms with van der Waals surface area (Å²) in [6.07, 6.45) is 1.73. The van der Waals surface area contributed by atoms with Gasteiger partial charge in [0.05, 0.1) is 4.90 Å². The van der Waals surface area contributed by atoms with Gasteiger partial charge in [-0.25, -0.2) is 13.1 Å². The number of halogens is 1. The Morgan fingerprint density at radius 2 is 1.50 bits per heavy atom. The molecule has 0 amide bonds. The predicted octanol–water partition coefficient (Wildman–Crippen LogP) is 5.28. The van der Waals surface area contributed by atoms with Crippen molar-refractivity contribution in [3.8, 4) is 11.3 Å². The normalized spacial score (nSPS) is 11.5. The van der Waals surface area contributed by atoms with Crippen LogP contribution in [-0.4, -0.2) is 8.42 Å². The van der Waals surface area contributed by atoms with Gasteiger partial charge >= 0.3 is 0 Å². The molecule has 0 aliphatic heterocycles. The highest BCUT2D eigenvalue weighted by Gasteiger charge is 2.15. The second kappa shape index (κ2) is 7.26. The van der Waals surface area contributed by atoms with Crippen LogP contribution in [0.5, 0.6) is 0 Å². The Balaban J connectivity index is 1.85. The maximum absolute atomic E-state index is 12.9. The van der Waals surface area contributed by atoms with Crippen LogP contribution in [-0.2, 0) is 10.0 Å². The fourth-order valence-corrected chi connectivity index (χ4v) is 4.02. The molecule has 0 aliphatic carbocycles. The summed E-state index contributed by atoms with van der Waals surface area (Å²) in [6.45, 7) is 1.91. The van der Waals surface area contributed by atoms with Crippen molar-refractivity contribution in [2.24, 2.45) is 0 Å². The van der Waals surface area contributed by atoms with Crippen LogP contribution in [0.25, 0.3) is 26.9 Å². The van der Waals surface area contributed by atoms with Crippen molar-refractivity contribution in [2.45, 2.75) is 11.8 Å². The number of hydrogen-bond acceptors (Lipinski definition) is 2. The average molecular weight is 409 g/mol. The van der Waals surface area contributed by atoms with Crippen LogP contribution in [0.2, 0.25) is 5.02 Å². The first-order valence-electron chi connectivity index (χ1n) is 8.68. The number of aromatic nitrogens is 1. The molecule has 0 radical (unpaired) electrons. The molecule has 0 N–H and O–H groups in total. The molecule has 0 saturated heterocycles. The quantitative estimate of drug-likeness (QED) is 0.431. The van der Waals surface area contributed by atoms with Crippen molar-refractivity contribution in [2.75, 3.05) is 0 Å². The lowest BCUT2D eigenvalue weighted by Gasteiger charge is -2.18. The fourth-order valence-electron chi connectivity index (χ4n) is 2.95. The lowest BCUT2D eigenvalue weighted by atomic mass is 10.1. The lowest BCUT2D eigenvalue weighted by Crippen LogP contribution is -2.34. The maximum Gasteiger partial charge on any atom is 0.209 e. The zero-order chi connectivity index (χ0) is 19.7. The van der Waals surface area contributed by atoms with Crippen molar-refractivity contribution >= 4 is 32.4 Å². The van der Waals surface area contributed by atoms with Crippen LogP contribution in [0, 0.1) is 6.92 Å². The highest BCUT2D eigenvalue weighted by molar-refractivity contribution is 7.93. The van der Waals surface area contributed by atoms with Gasteiger partial charge in [0.1, 0.15) is 0 Å². The number of pyridine rings is 1. The van der Waals surface area contributed by atoms with Crippen molar-refractivity contribution in [1.82, 2.24) is 0 Å². The molecule has 28 heavy (non-hydrogen) atoms. The first-order valence-corrected chi connectivity index (χ1v) is 10.5. The average Bonchev–Trinajstić information content (AvgIpc) is 2.68. The largest absolute Gasteiger partial charge is 0.317 e. The Hall–Kier alpha value is -2.89. The maximum atomic E-state index is 12.9. The summed E-state index contributed by atoms with van der Waals surface area (Å²) in [7, 11) is -3.88. The summed E-state index contributed by atoms with van der Waals surface area (Å²) >= 11 is 6.01. The van der Waals surface area contributed by atoms with E-state index in [-0.39, 0.29) is 4.90 Å². The van der Waals surface area contributed by atoms with Crippen molar-refractivity contribution in [3.63, 3.8) is 0 Å². The van der Waals surface area contributed by atoms with Gasteiger partial charge in [-0.2, -0.15) is 0 Å². The van der Waals surface area contributed by atoms with Gasteiger partial charge in [0, 0.05) is 22.0 Å². The minimum Gasteiger partial charge on any atom is -0.317 e. The first kappa shape index (κ1) is 18.5. The second-order valence-electron chi connectivity index (χ2n) is 6.51. The number of aryl methyl sites for hydroxylation is 1. The molecule has 6 heteroatoms. The molecular weight excluding hydrogens is 392 g/mol. The van der Waals surface area contributed by atoms with Gasteiger partial charge in [0.2, 0.25) is 5.69 Å². The Labute approximate surface area is 169 Å². The number of benzene rings is 3. The fraction of sp³-hybridized carbons (Fsp3) is 0.0455. The second-order valence-corrected chi connectivity index (χ2v) is 8.53. The van der Waals surface area contributed by atoms with Gasteiger partial charge in [0.15, 0.2) is 16.2 Å². The summed E-state index contributed by atoms with van der Waals surface area (Å²) in [6, 6.07) is 23.5. The van der Waals surface area contributed by atoms with Gasteiger partial charge in [-0.3, -0.25) is 0 Å². The molecule has 4 nitrogen and oxygen atoms in total. The molecule has 4 rings (SSSR count). The van der Waals surface area contributed by atoms with Crippen LogP contribution in [0.3, 0.4) is 0 Å². The van der Waals surface area contributed by atoms with Gasteiger partial charge in [0.25, 0.3) is 0 Å². The van der Waals surface area contributed by atoms with Crippen molar-refractivity contribution in [3.05, 3.63) is 100 Å². The number of hydrogen-bond donors (Lipinski definition) is 0. The summed E-state index contributed by atoms with van der Waals surface area (Å²) < 4.78 is 27.2. The monoisotopic (exact) mass is 408 g/mol. The summed E-state index contributed by atoms with van der Waals surface area (Å²) in [5.74, 6) is 0. The molecule has 0 saturated carbocycles. The zero-order valence-electron chi connectivity index (χ0n) is 15.1. The van der Waals surface area contributed by atoms with E-state index < -0.39 is 10.0 Å². The van der Waals surface area contributed by atoms with E-state index in [1.807, 2.05) is 49.4 Å². The number of rotatable bonds is 4. The molecule has 0 atom stereocenters. The zero-order valence-corrected chi connectivity index (χ0v) is 16.7. The van der Waals surface area contributed by atoms with Gasteiger partial charge in [-0.05, 0) is 54.8 Å². The molecule has 1 heterocycles. The Bertz CT molecular complexity index is 1250. The van der Waals surface area contributed by atoms with Gasteiger partial charge in [-0.15, -0.1) is 0 Å². The first-order chi connectivity index (χ1) is 13.4. The van der Waals surface area contributed by atoms with E-state index >= 15 is 0 Å². The molecule has 0 bridgehead atoms. The van der Waals surface area contributed by atoms with E-state index in [0.29, 0.717) is 10.7 Å². The molecule has 0 unspecified atom stereocenters. The topological polar surface area (TPSA) is 52.1 Å². The molecule has 0 spiro atoms. The molecule has 3 aromatic carbocycles. The van der Waals surface area contributed by atoms with Crippen LogP contribution in [0.4, 0.5) is 0 Å². The smallest absolute Gasteiger partial charge is 0.209 e. The molecular formula is C22H17ClN2O2S. The molecule has 4 aromatic rings. The van der Waals surface area contributed by atoms with Crippen LogP contribution < -0.4 is 4.68 Å². The number of nitrogens with zero attached hydrogens (tertiary/aromatic N) is 2. The van der Waals surface area contributed by atoms with Crippen LogP contribution in [0.15, 0.2) is 90.0 Å². The van der Waals surface area contributed by atoms with Crippen LogP contribution in [0.1, 0.15) is 5.56 Å². The van der Waals surface area contributed by atoms with E-state index in [0.717, 1.165) is 21.9 Å². The predicted molar refractivity (Wildman–Crippen MR) is 112 cm³/mol. The van der Waals surface area contributed by atoms with E-state index in [1.165, 1.54) is 4.68 Å². The molecule has 0 fully saturated rings. The Morgan fingerprint density at radius 1 is 0.857 bits per heavy atom. The highest BCUT2D eigenvalue weighted by atomic mass is 35.5. The minimum atomic E-state index is -3.88. The number of sulfonamides is 1. The van der Waals surface area contributed by atoms with Crippen molar-refractivity contribution < 1.29 is 13.1 Å². The third-order valence-electron chi connectivity index (χ3n) is 4.45. The number of fused-ring (bicyclic) bond motifs is 1. The summed E-state index contributed by atoms with van der Waals surface area (Å²) in [4.78, 5) is 4.25. The van der Waals surface area contributed by atoms with Gasteiger partial charge < -0.3 is 4.83 Å². The SMILES string of the molecule is Cc1ccc(S(=O)(=O)[N-][n+]2cc3ccccc3cc2-c2ccc(Cl)cc2)cc1.